The van der Waals surface area contributed by atoms with Crippen molar-refractivity contribution < 1.29 is 8.38 Å². The predicted octanol–water partition coefficient (Wildman–Crippen LogP) is -1.88. The monoisotopic (exact) mass is 194 g/mol. The van der Waals surface area contributed by atoms with Crippen LogP contribution >= 0.6 is 0 Å². The third-order valence-corrected chi connectivity index (χ3v) is 0.900. The van der Waals surface area contributed by atoms with E-state index in [4.69, 9.17) is 8.38 Å². The van der Waals surface area contributed by atoms with E-state index in [0.717, 1.165) is 0 Å². The first kappa shape index (κ1) is 4.96. The molecule has 0 aromatic carbocycles. The molecule has 0 rings (SSSR count). The Labute approximate surface area is 35.7 Å². The molecule has 26 valence electrons. The van der Waals surface area contributed by atoms with Gasteiger partial charge in [-0.3, -0.25) is 0 Å². The summed E-state index contributed by atoms with van der Waals surface area (Å²) in [4.78, 5) is 0. The summed E-state index contributed by atoms with van der Waals surface area (Å²) in [6, 6.07) is 0. The molecule has 0 aliphatic carbocycles. The van der Waals surface area contributed by atoms with Crippen LogP contribution in [0.4, 0.5) is 0 Å². The van der Waals surface area contributed by atoms with Gasteiger partial charge in [0.05, 0.1) is 0 Å². The molecule has 0 amide bonds. The summed E-state index contributed by atoms with van der Waals surface area (Å²) < 4.78 is 15.4. The average Bonchev–Trinajstić information content (AvgIpc) is 1.37. The molecule has 0 aliphatic heterocycles. The fourth-order valence-electron chi connectivity index (χ4n) is 0. The van der Waals surface area contributed by atoms with E-state index in [0.29, 0.717) is 0 Å². The second-order valence-electron chi connectivity index (χ2n) is 0.149. The first-order valence-electron chi connectivity index (χ1n) is 0.532. The molecule has 2 nitrogen and oxygen atoms in total. The fourth-order valence-corrected chi connectivity index (χ4v) is 0. The molecule has 0 aromatic rings. The number of rotatable bonds is 1. The van der Waals surface area contributed by atoms with Gasteiger partial charge < -0.3 is 0 Å². The van der Waals surface area contributed by atoms with Crippen molar-refractivity contribution in [3.63, 3.8) is 0 Å². The second-order valence-corrected chi connectivity index (χ2v) is 4.02. The van der Waals surface area contributed by atoms with Crippen LogP contribution in [0, 0.1) is 0 Å². The van der Waals surface area contributed by atoms with Crippen molar-refractivity contribution in [2.24, 2.45) is 0 Å². The van der Waals surface area contributed by atoms with Gasteiger partial charge in [-0.15, -0.1) is 0 Å². The van der Waals surface area contributed by atoms with Crippen molar-refractivity contribution in [2.75, 3.05) is 0 Å². The maximum atomic E-state index is 7.72. The van der Waals surface area contributed by atoms with E-state index in [1.807, 2.05) is 0 Å². The molecule has 0 saturated carbocycles. The van der Waals surface area contributed by atoms with Crippen LogP contribution in [0.3, 0.4) is 0 Å². The van der Waals surface area contributed by atoms with Crippen molar-refractivity contribution in [3.8, 4) is 0 Å². The van der Waals surface area contributed by atoms with E-state index in [2.05, 4.69) is 0 Å². The van der Waals surface area contributed by atoms with Crippen LogP contribution < -0.4 is 0 Å². The minimum absolute atomic E-state index is 0.465. The van der Waals surface area contributed by atoms with Crippen molar-refractivity contribution in [1.29, 1.82) is 0 Å². The van der Waals surface area contributed by atoms with Crippen molar-refractivity contribution in [2.45, 2.75) is 0 Å². The molecule has 0 aromatic heterocycles. The molecular formula is H2O2Se2. The summed E-state index contributed by atoms with van der Waals surface area (Å²) in [6.45, 7) is 0. The van der Waals surface area contributed by atoms with Crippen molar-refractivity contribution >= 4 is 26.9 Å². The van der Waals surface area contributed by atoms with E-state index < -0.39 is 26.9 Å². The van der Waals surface area contributed by atoms with E-state index in [1.165, 1.54) is 0 Å². The SMILES string of the molecule is O[Se][Se]O. The number of hydrogen-bond acceptors (Lipinski definition) is 2. The van der Waals surface area contributed by atoms with Gasteiger partial charge in [-0.05, 0) is 0 Å². The topological polar surface area (TPSA) is 40.5 Å². The van der Waals surface area contributed by atoms with Crippen molar-refractivity contribution in [1.82, 2.24) is 0 Å². The predicted molar refractivity (Wildman–Crippen MR) is 15.9 cm³/mol. The Morgan fingerprint density at radius 2 is 1.25 bits per heavy atom. The summed E-state index contributed by atoms with van der Waals surface area (Å²) in [5.41, 5.74) is 0. The third kappa shape index (κ3) is 2.96. The molecule has 0 fully saturated rings. The molecule has 0 atom stereocenters. The van der Waals surface area contributed by atoms with Gasteiger partial charge in [0.25, 0.3) is 0 Å². The van der Waals surface area contributed by atoms with E-state index in [1.54, 1.807) is 0 Å². The minimum atomic E-state index is -0.465. The van der Waals surface area contributed by atoms with Crippen LogP contribution in [0.5, 0.6) is 0 Å². The van der Waals surface area contributed by atoms with Crippen LogP contribution in [-0.2, 0) is 0 Å². The second kappa shape index (κ2) is 3.96. The molecular weight excluding hydrogens is 190 g/mol. The van der Waals surface area contributed by atoms with Gasteiger partial charge in [0.15, 0.2) is 0 Å². The normalized spacial score (nSPS) is 7.50. The first-order chi connectivity index (χ1) is 1.91. The molecule has 0 spiro atoms. The zero-order valence-corrected chi connectivity index (χ0v) is 5.14. The van der Waals surface area contributed by atoms with Crippen LogP contribution in [-0.4, -0.2) is 35.3 Å². The Balaban J connectivity index is 1.97. The Kier molecular flexibility index (Phi) is 4.91. The summed E-state index contributed by atoms with van der Waals surface area (Å²) in [7, 11) is 0. The van der Waals surface area contributed by atoms with E-state index in [-0.39, 0.29) is 0 Å². The van der Waals surface area contributed by atoms with Crippen LogP contribution in [0.15, 0.2) is 0 Å². The Bertz CT molecular complexity index is 6.00. The van der Waals surface area contributed by atoms with Gasteiger partial charge >= 0.3 is 35.3 Å². The van der Waals surface area contributed by atoms with Gasteiger partial charge in [-0.25, -0.2) is 0 Å². The van der Waals surface area contributed by atoms with E-state index >= 15 is 0 Å². The molecule has 0 radical (unpaired) electrons. The molecule has 0 unspecified atom stereocenters. The number of hydrogen-bond donors (Lipinski definition) is 2. The molecule has 4 heteroatoms. The Morgan fingerprint density at radius 3 is 1.25 bits per heavy atom. The van der Waals surface area contributed by atoms with Gasteiger partial charge in [-0.1, -0.05) is 0 Å². The van der Waals surface area contributed by atoms with Gasteiger partial charge in [-0.2, -0.15) is 0 Å². The zero-order chi connectivity index (χ0) is 3.41. The molecule has 0 bridgehead atoms. The summed E-state index contributed by atoms with van der Waals surface area (Å²) in [5.74, 6) is 0. The van der Waals surface area contributed by atoms with Crippen LogP contribution in [0.1, 0.15) is 0 Å². The van der Waals surface area contributed by atoms with Gasteiger partial charge in [0, 0.05) is 0 Å². The fraction of sp³-hybridized carbons (Fsp3) is 0. The zero-order valence-electron chi connectivity index (χ0n) is 1.71. The molecule has 0 aliphatic rings. The maximum absolute atomic E-state index is 7.72. The molecule has 4 heavy (non-hydrogen) atoms. The summed E-state index contributed by atoms with van der Waals surface area (Å²) in [5, 5.41) is 0. The molecule has 2 N–H and O–H groups in total. The molecule has 0 heterocycles. The Morgan fingerprint density at radius 1 is 1.00 bits per heavy atom. The van der Waals surface area contributed by atoms with E-state index in [9.17, 15) is 0 Å². The third-order valence-electron chi connectivity index (χ3n) is 0.0333. The van der Waals surface area contributed by atoms with Crippen molar-refractivity contribution in [3.05, 3.63) is 0 Å². The quantitative estimate of drug-likeness (QED) is 0.477. The van der Waals surface area contributed by atoms with Gasteiger partial charge in [0.2, 0.25) is 0 Å². The average molecular weight is 192 g/mol. The first-order valence-corrected chi connectivity index (χ1v) is 6.40. The molecule has 0 saturated heterocycles. The van der Waals surface area contributed by atoms with Gasteiger partial charge in [0.1, 0.15) is 0 Å². The summed E-state index contributed by atoms with van der Waals surface area (Å²) >= 11 is -0.931. The Hall–Kier alpha value is 0.959. The standard InChI is InChI=1S/H2O2Se2/c1-3-4-2/h1-2H. The van der Waals surface area contributed by atoms with Crippen LogP contribution in [0.25, 0.3) is 0 Å². The van der Waals surface area contributed by atoms with Crippen LogP contribution in [0.2, 0.25) is 0 Å². The summed E-state index contributed by atoms with van der Waals surface area (Å²) in [6.07, 6.45) is 0.